The third-order valence-corrected chi connectivity index (χ3v) is 4.44. The molecule has 1 atom stereocenters. The lowest BCUT2D eigenvalue weighted by atomic mass is 10.0. The van der Waals surface area contributed by atoms with E-state index in [4.69, 9.17) is 0 Å². The van der Waals surface area contributed by atoms with Gasteiger partial charge in [0.2, 0.25) is 5.91 Å². The molecule has 0 spiro atoms. The quantitative estimate of drug-likeness (QED) is 0.760. The van der Waals surface area contributed by atoms with Crippen molar-refractivity contribution in [3.8, 4) is 0 Å². The molecule has 5 heteroatoms. The number of aromatic amines is 1. The van der Waals surface area contributed by atoms with Crippen LogP contribution in [0.5, 0.6) is 0 Å². The molecule has 1 aromatic heterocycles. The van der Waals surface area contributed by atoms with Crippen molar-refractivity contribution in [1.82, 2.24) is 20.6 Å². The Bertz CT molecular complexity index is 653. The first-order chi connectivity index (χ1) is 10.3. The molecule has 21 heavy (non-hydrogen) atoms. The van der Waals surface area contributed by atoms with E-state index in [9.17, 15) is 4.79 Å². The van der Waals surface area contributed by atoms with Crippen LogP contribution in [0, 0.1) is 0 Å². The molecule has 0 radical (unpaired) electrons. The number of hydrogen-bond acceptors (Lipinski definition) is 3. The molecule has 4 rings (SSSR count). The molecule has 5 nitrogen and oxygen atoms in total. The fourth-order valence-corrected chi connectivity index (χ4v) is 3.32. The maximum atomic E-state index is 12.4. The van der Waals surface area contributed by atoms with Crippen LogP contribution in [0.15, 0.2) is 30.6 Å². The molecule has 0 fully saturated rings. The minimum atomic E-state index is -0.176. The van der Waals surface area contributed by atoms with E-state index < -0.39 is 0 Å². The molecule has 2 aliphatic rings. The van der Waals surface area contributed by atoms with Gasteiger partial charge in [0.25, 0.3) is 0 Å². The second-order valence-corrected chi connectivity index (χ2v) is 5.85. The molecule has 0 saturated carbocycles. The van der Waals surface area contributed by atoms with Crippen molar-refractivity contribution in [3.63, 3.8) is 0 Å². The summed E-state index contributed by atoms with van der Waals surface area (Å²) < 4.78 is 0. The molecular formula is C16H18N4O. The van der Waals surface area contributed by atoms with Crippen LogP contribution in [0.3, 0.4) is 0 Å². The van der Waals surface area contributed by atoms with Crippen molar-refractivity contribution < 1.29 is 4.79 Å². The van der Waals surface area contributed by atoms with Gasteiger partial charge in [-0.15, -0.1) is 0 Å². The molecule has 0 saturated heterocycles. The average molecular weight is 282 g/mol. The molecule has 3 N–H and O–H groups in total. The van der Waals surface area contributed by atoms with Gasteiger partial charge in [-0.3, -0.25) is 10.1 Å². The molecule has 1 aromatic carbocycles. The number of imidazole rings is 1. The summed E-state index contributed by atoms with van der Waals surface area (Å²) >= 11 is 0. The fourth-order valence-electron chi connectivity index (χ4n) is 3.32. The molecule has 1 aliphatic carbocycles. The minimum Gasteiger partial charge on any atom is -0.351 e. The second kappa shape index (κ2) is 5.00. The summed E-state index contributed by atoms with van der Waals surface area (Å²) in [5.74, 6) is 0.0847. The van der Waals surface area contributed by atoms with Crippen LogP contribution in [-0.4, -0.2) is 28.0 Å². The Morgan fingerprint density at radius 3 is 2.71 bits per heavy atom. The SMILES string of the molecule is O=C(NC1Cc2ccccc2C1)C1Cc2nc[nH]c2CN1. The highest BCUT2D eigenvalue weighted by Gasteiger charge is 2.29. The third kappa shape index (κ3) is 2.34. The van der Waals surface area contributed by atoms with Crippen LogP contribution in [0.25, 0.3) is 0 Å². The minimum absolute atomic E-state index is 0.0847. The summed E-state index contributed by atoms with van der Waals surface area (Å²) in [4.78, 5) is 19.8. The van der Waals surface area contributed by atoms with Crippen molar-refractivity contribution in [3.05, 3.63) is 53.1 Å². The maximum Gasteiger partial charge on any atom is 0.237 e. The van der Waals surface area contributed by atoms with Crippen molar-refractivity contribution in [2.24, 2.45) is 0 Å². The van der Waals surface area contributed by atoms with Crippen molar-refractivity contribution in [2.45, 2.75) is 37.9 Å². The Labute approximate surface area is 123 Å². The van der Waals surface area contributed by atoms with Crippen molar-refractivity contribution in [2.75, 3.05) is 0 Å². The number of nitrogens with one attached hydrogen (secondary N) is 3. The molecule has 2 heterocycles. The predicted molar refractivity (Wildman–Crippen MR) is 78.7 cm³/mol. The zero-order chi connectivity index (χ0) is 14.2. The summed E-state index contributed by atoms with van der Waals surface area (Å²) in [6.45, 7) is 0.679. The fraction of sp³-hybridized carbons (Fsp3) is 0.375. The number of amides is 1. The van der Waals surface area contributed by atoms with Crippen molar-refractivity contribution >= 4 is 5.91 Å². The largest absolute Gasteiger partial charge is 0.351 e. The van der Waals surface area contributed by atoms with E-state index in [1.165, 1.54) is 11.1 Å². The molecule has 2 aromatic rings. The number of carbonyl (C=O) groups is 1. The van der Waals surface area contributed by atoms with Crippen LogP contribution < -0.4 is 10.6 Å². The van der Waals surface area contributed by atoms with Gasteiger partial charge in [-0.25, -0.2) is 4.98 Å². The lowest BCUT2D eigenvalue weighted by Gasteiger charge is -2.24. The van der Waals surface area contributed by atoms with E-state index in [2.05, 4.69) is 44.9 Å². The predicted octanol–water partition coefficient (Wildman–Crippen LogP) is 0.708. The molecular weight excluding hydrogens is 264 g/mol. The number of carbonyl (C=O) groups excluding carboxylic acids is 1. The number of aromatic nitrogens is 2. The first-order valence-corrected chi connectivity index (χ1v) is 7.41. The maximum absolute atomic E-state index is 12.4. The Kier molecular flexibility index (Phi) is 3.00. The number of hydrogen-bond donors (Lipinski definition) is 3. The number of H-pyrrole nitrogens is 1. The van der Waals surface area contributed by atoms with Crippen LogP contribution in [0.2, 0.25) is 0 Å². The van der Waals surface area contributed by atoms with E-state index in [1.807, 2.05) is 0 Å². The summed E-state index contributed by atoms with van der Waals surface area (Å²) in [6.07, 6.45) is 4.22. The zero-order valence-electron chi connectivity index (χ0n) is 11.7. The second-order valence-electron chi connectivity index (χ2n) is 5.85. The van der Waals surface area contributed by atoms with Gasteiger partial charge in [-0.1, -0.05) is 24.3 Å². The van der Waals surface area contributed by atoms with E-state index in [0.717, 1.165) is 24.2 Å². The smallest absolute Gasteiger partial charge is 0.237 e. The Morgan fingerprint density at radius 2 is 1.95 bits per heavy atom. The van der Waals surface area contributed by atoms with Crippen LogP contribution in [0.1, 0.15) is 22.5 Å². The highest BCUT2D eigenvalue weighted by molar-refractivity contribution is 5.82. The monoisotopic (exact) mass is 282 g/mol. The van der Waals surface area contributed by atoms with Gasteiger partial charge >= 0.3 is 0 Å². The lowest BCUT2D eigenvalue weighted by Crippen LogP contribution is -2.50. The highest BCUT2D eigenvalue weighted by Crippen LogP contribution is 2.22. The molecule has 1 amide bonds. The van der Waals surface area contributed by atoms with E-state index in [0.29, 0.717) is 13.0 Å². The first-order valence-electron chi connectivity index (χ1n) is 7.41. The number of fused-ring (bicyclic) bond motifs is 2. The Balaban J connectivity index is 1.40. The lowest BCUT2D eigenvalue weighted by molar-refractivity contribution is -0.124. The van der Waals surface area contributed by atoms with Crippen LogP contribution in [0.4, 0.5) is 0 Å². The average Bonchev–Trinajstić information content (AvgIpc) is 3.11. The standard InChI is InChI=1S/C16H18N4O/c21-16(14-7-13-15(8-17-14)19-9-18-13)20-12-5-10-3-1-2-4-11(10)6-12/h1-4,9,12,14,17H,5-8H2,(H,18,19)(H,20,21). The van der Waals surface area contributed by atoms with Crippen LogP contribution >= 0.6 is 0 Å². The first kappa shape index (κ1) is 12.6. The van der Waals surface area contributed by atoms with Gasteiger partial charge in [-0.05, 0) is 24.0 Å². The van der Waals surface area contributed by atoms with Gasteiger partial charge in [0.05, 0.1) is 23.8 Å². The van der Waals surface area contributed by atoms with Gasteiger partial charge < -0.3 is 10.3 Å². The van der Waals surface area contributed by atoms with Gasteiger partial charge in [0.15, 0.2) is 0 Å². The molecule has 0 bridgehead atoms. The summed E-state index contributed by atoms with van der Waals surface area (Å²) in [6, 6.07) is 8.46. The van der Waals surface area contributed by atoms with E-state index in [-0.39, 0.29) is 18.0 Å². The number of nitrogens with zero attached hydrogens (tertiary/aromatic N) is 1. The normalized spacial score (nSPS) is 20.9. The van der Waals surface area contributed by atoms with E-state index >= 15 is 0 Å². The topological polar surface area (TPSA) is 69.8 Å². The molecule has 108 valence electrons. The Morgan fingerprint density at radius 1 is 1.19 bits per heavy atom. The zero-order valence-corrected chi connectivity index (χ0v) is 11.7. The molecule has 1 aliphatic heterocycles. The van der Waals surface area contributed by atoms with E-state index in [1.54, 1.807) is 6.33 Å². The van der Waals surface area contributed by atoms with Gasteiger partial charge in [0, 0.05) is 19.0 Å². The number of rotatable bonds is 2. The summed E-state index contributed by atoms with van der Waals surface area (Å²) in [5.41, 5.74) is 4.80. The summed E-state index contributed by atoms with van der Waals surface area (Å²) in [7, 11) is 0. The molecule has 1 unspecified atom stereocenters. The number of benzene rings is 1. The highest BCUT2D eigenvalue weighted by atomic mass is 16.2. The Hall–Kier alpha value is -2.14. The van der Waals surface area contributed by atoms with Crippen LogP contribution in [-0.2, 0) is 30.6 Å². The van der Waals surface area contributed by atoms with Gasteiger partial charge in [0.1, 0.15) is 0 Å². The summed E-state index contributed by atoms with van der Waals surface area (Å²) in [5, 5.41) is 6.45. The third-order valence-electron chi connectivity index (χ3n) is 4.44. The van der Waals surface area contributed by atoms with Gasteiger partial charge in [-0.2, -0.15) is 0 Å². The van der Waals surface area contributed by atoms with Crippen molar-refractivity contribution in [1.29, 1.82) is 0 Å².